The van der Waals surface area contributed by atoms with Crippen molar-refractivity contribution in [2.45, 2.75) is 30.7 Å². The molecule has 2 unspecified atom stereocenters. The van der Waals surface area contributed by atoms with Crippen molar-refractivity contribution in [2.75, 3.05) is 13.7 Å². The number of ether oxygens (including phenoxy) is 1. The summed E-state index contributed by atoms with van der Waals surface area (Å²) in [5.74, 6) is -0.425. The summed E-state index contributed by atoms with van der Waals surface area (Å²) in [5.41, 5.74) is 2.24. The summed E-state index contributed by atoms with van der Waals surface area (Å²) in [6.45, 7) is 0.745. The number of amides is 2. The first-order valence-corrected chi connectivity index (χ1v) is 7.21. The maximum absolute atomic E-state index is 12.2. The lowest BCUT2D eigenvalue weighted by Crippen LogP contribution is -2.39. The van der Waals surface area contributed by atoms with E-state index in [1.54, 1.807) is 6.07 Å². The minimum absolute atomic E-state index is 0.00720. The zero-order valence-corrected chi connectivity index (χ0v) is 12.0. The normalized spacial score (nSPS) is 23.9. The van der Waals surface area contributed by atoms with E-state index in [1.165, 1.54) is 11.9 Å². The summed E-state index contributed by atoms with van der Waals surface area (Å²) in [4.78, 5) is 25.0. The fraction of sp³-hybridized carbons (Fsp3) is 0.467. The highest BCUT2D eigenvalue weighted by Crippen LogP contribution is 2.34. The predicted octanol–water partition coefficient (Wildman–Crippen LogP) is 2.30. The number of carbonyl (C=O) groups excluding carboxylic acids is 2. The Morgan fingerprint density at radius 3 is 2.90 bits per heavy atom. The van der Waals surface area contributed by atoms with Crippen molar-refractivity contribution < 1.29 is 14.3 Å². The van der Waals surface area contributed by atoms with Crippen LogP contribution in [0.4, 0.5) is 0 Å². The third-order valence-corrected chi connectivity index (χ3v) is 4.53. The standard InChI is InChI=1S/C15H16ClNO3/c1-17-13(18)8-9-4-5-10(7-11(9)15(17)19)14(16)12-3-2-6-20-12/h4-5,7,12,14H,2-3,6,8H2,1H3. The summed E-state index contributed by atoms with van der Waals surface area (Å²) in [6, 6.07) is 5.53. The molecular weight excluding hydrogens is 278 g/mol. The number of nitrogens with zero attached hydrogens (tertiary/aromatic N) is 1. The Kier molecular flexibility index (Phi) is 3.52. The van der Waals surface area contributed by atoms with Crippen molar-refractivity contribution in [3.05, 3.63) is 34.9 Å². The number of likely N-dealkylation sites (N-methyl/N-ethyl adjacent to an activating group) is 1. The average molecular weight is 294 g/mol. The van der Waals surface area contributed by atoms with Gasteiger partial charge in [0.25, 0.3) is 5.91 Å². The highest BCUT2D eigenvalue weighted by molar-refractivity contribution is 6.21. The number of alkyl halides is 1. The topological polar surface area (TPSA) is 46.6 Å². The molecule has 0 saturated carbocycles. The molecule has 0 bridgehead atoms. The summed E-state index contributed by atoms with van der Waals surface area (Å²) in [5, 5.41) is -0.251. The van der Waals surface area contributed by atoms with Crippen LogP contribution in [0.1, 0.15) is 39.7 Å². The minimum Gasteiger partial charge on any atom is -0.376 e. The van der Waals surface area contributed by atoms with E-state index in [2.05, 4.69) is 0 Å². The van der Waals surface area contributed by atoms with Gasteiger partial charge in [0, 0.05) is 19.2 Å². The number of benzene rings is 1. The van der Waals surface area contributed by atoms with Gasteiger partial charge in [-0.3, -0.25) is 14.5 Å². The van der Waals surface area contributed by atoms with Crippen LogP contribution in [-0.2, 0) is 16.0 Å². The molecule has 1 aromatic rings. The Hall–Kier alpha value is -1.39. The molecule has 1 aromatic carbocycles. The zero-order chi connectivity index (χ0) is 14.3. The maximum atomic E-state index is 12.2. The van der Waals surface area contributed by atoms with Crippen molar-refractivity contribution in [1.29, 1.82) is 0 Å². The van der Waals surface area contributed by atoms with E-state index in [0.717, 1.165) is 30.6 Å². The number of carbonyl (C=O) groups is 2. The zero-order valence-electron chi connectivity index (χ0n) is 11.3. The summed E-state index contributed by atoms with van der Waals surface area (Å²) in [6.07, 6.45) is 2.24. The first-order valence-electron chi connectivity index (χ1n) is 6.77. The van der Waals surface area contributed by atoms with Crippen LogP contribution in [0.5, 0.6) is 0 Å². The number of hydrogen-bond acceptors (Lipinski definition) is 3. The second-order valence-electron chi connectivity index (χ2n) is 5.30. The van der Waals surface area contributed by atoms with Crippen LogP contribution in [0, 0.1) is 0 Å². The molecule has 2 aliphatic heterocycles. The second-order valence-corrected chi connectivity index (χ2v) is 5.77. The molecular formula is C15H16ClNO3. The highest BCUT2D eigenvalue weighted by atomic mass is 35.5. The van der Waals surface area contributed by atoms with Crippen LogP contribution >= 0.6 is 11.6 Å². The van der Waals surface area contributed by atoms with Gasteiger partial charge in [-0.1, -0.05) is 12.1 Å². The lowest BCUT2D eigenvalue weighted by Gasteiger charge is -2.25. The van der Waals surface area contributed by atoms with Gasteiger partial charge in [0.15, 0.2) is 0 Å². The largest absolute Gasteiger partial charge is 0.376 e. The van der Waals surface area contributed by atoms with Gasteiger partial charge in [0.1, 0.15) is 0 Å². The summed E-state index contributed by atoms with van der Waals surface area (Å²) in [7, 11) is 1.51. The number of fused-ring (bicyclic) bond motifs is 1. The summed E-state index contributed by atoms with van der Waals surface area (Å²) < 4.78 is 5.60. The molecule has 3 rings (SSSR count). The average Bonchev–Trinajstić information content (AvgIpc) is 2.98. The van der Waals surface area contributed by atoms with Crippen LogP contribution in [0.3, 0.4) is 0 Å². The van der Waals surface area contributed by atoms with E-state index in [-0.39, 0.29) is 29.7 Å². The lowest BCUT2D eigenvalue weighted by molar-refractivity contribution is -0.127. The van der Waals surface area contributed by atoms with Crippen molar-refractivity contribution >= 4 is 23.4 Å². The molecule has 20 heavy (non-hydrogen) atoms. The molecule has 0 radical (unpaired) electrons. The molecule has 106 valence electrons. The molecule has 0 aromatic heterocycles. The highest BCUT2D eigenvalue weighted by Gasteiger charge is 2.30. The van der Waals surface area contributed by atoms with Gasteiger partial charge in [-0.05, 0) is 30.0 Å². The Balaban J connectivity index is 1.92. The fourth-order valence-corrected chi connectivity index (χ4v) is 3.08. The van der Waals surface area contributed by atoms with E-state index in [4.69, 9.17) is 16.3 Å². The van der Waals surface area contributed by atoms with Crippen LogP contribution in [0.2, 0.25) is 0 Å². The van der Waals surface area contributed by atoms with Gasteiger partial charge in [0.2, 0.25) is 5.91 Å². The lowest BCUT2D eigenvalue weighted by atomic mass is 9.94. The smallest absolute Gasteiger partial charge is 0.260 e. The van der Waals surface area contributed by atoms with Crippen LogP contribution < -0.4 is 0 Å². The number of imide groups is 1. The Bertz CT molecular complexity index is 566. The Morgan fingerprint density at radius 2 is 2.20 bits per heavy atom. The summed E-state index contributed by atoms with van der Waals surface area (Å²) >= 11 is 6.45. The van der Waals surface area contributed by atoms with Gasteiger partial charge in [-0.15, -0.1) is 11.6 Å². The molecule has 1 fully saturated rings. The van der Waals surface area contributed by atoms with Crippen molar-refractivity contribution in [1.82, 2.24) is 4.90 Å². The van der Waals surface area contributed by atoms with E-state index in [0.29, 0.717) is 5.56 Å². The van der Waals surface area contributed by atoms with Gasteiger partial charge < -0.3 is 4.74 Å². The first-order chi connectivity index (χ1) is 9.58. The molecule has 2 heterocycles. The number of hydrogen-bond donors (Lipinski definition) is 0. The van der Waals surface area contributed by atoms with Gasteiger partial charge >= 0.3 is 0 Å². The minimum atomic E-state index is -0.255. The molecule has 2 aliphatic rings. The third kappa shape index (κ3) is 2.23. The molecule has 1 saturated heterocycles. The van der Waals surface area contributed by atoms with E-state index >= 15 is 0 Å². The maximum Gasteiger partial charge on any atom is 0.260 e. The SMILES string of the molecule is CN1C(=O)Cc2ccc(C(Cl)C3CCCO3)cc2C1=O. The van der Waals surface area contributed by atoms with E-state index in [9.17, 15) is 9.59 Å². The molecule has 4 nitrogen and oxygen atoms in total. The van der Waals surface area contributed by atoms with Crippen molar-refractivity contribution in [2.24, 2.45) is 0 Å². The van der Waals surface area contributed by atoms with E-state index in [1.807, 2.05) is 12.1 Å². The van der Waals surface area contributed by atoms with Crippen molar-refractivity contribution in [3.8, 4) is 0 Å². The van der Waals surface area contributed by atoms with Crippen LogP contribution in [0.15, 0.2) is 18.2 Å². The number of halogens is 1. The molecule has 0 N–H and O–H groups in total. The fourth-order valence-electron chi connectivity index (χ4n) is 2.74. The Labute approximate surface area is 122 Å². The van der Waals surface area contributed by atoms with Crippen LogP contribution in [0.25, 0.3) is 0 Å². The molecule has 2 atom stereocenters. The van der Waals surface area contributed by atoms with Gasteiger partial charge in [-0.25, -0.2) is 0 Å². The van der Waals surface area contributed by atoms with E-state index < -0.39 is 0 Å². The molecule has 0 aliphatic carbocycles. The van der Waals surface area contributed by atoms with Crippen LogP contribution in [-0.4, -0.2) is 36.5 Å². The predicted molar refractivity (Wildman–Crippen MR) is 74.8 cm³/mol. The molecule has 2 amide bonds. The second kappa shape index (κ2) is 5.19. The third-order valence-electron chi connectivity index (χ3n) is 3.99. The molecule has 0 spiro atoms. The monoisotopic (exact) mass is 293 g/mol. The quantitative estimate of drug-likeness (QED) is 0.621. The molecule has 5 heteroatoms. The van der Waals surface area contributed by atoms with Crippen molar-refractivity contribution in [3.63, 3.8) is 0 Å². The number of rotatable bonds is 2. The van der Waals surface area contributed by atoms with Gasteiger partial charge in [0.05, 0.1) is 17.9 Å². The van der Waals surface area contributed by atoms with Gasteiger partial charge in [-0.2, -0.15) is 0 Å². The Morgan fingerprint density at radius 1 is 1.40 bits per heavy atom. The first kappa shape index (κ1) is 13.6.